The molecular weight excluding hydrogens is 389 g/mol. The van der Waals surface area contributed by atoms with Gasteiger partial charge in [0.2, 0.25) is 0 Å². The molecule has 29 heavy (non-hydrogen) atoms. The number of rotatable bonds is 10. The molecule has 3 aromatic rings. The largest absolute Gasteiger partial charge is 0.489 e. The molecule has 0 fully saturated rings. The maximum absolute atomic E-state index is 13.1. The number of halogens is 2. The molecule has 0 amide bonds. The highest BCUT2D eigenvalue weighted by Crippen LogP contribution is 2.28. The summed E-state index contributed by atoms with van der Waals surface area (Å²) in [7, 11) is 0. The predicted molar refractivity (Wildman–Crippen MR) is 119 cm³/mol. The minimum atomic E-state index is -0.235. The fourth-order valence-corrected chi connectivity index (χ4v) is 3.10. The van der Waals surface area contributed by atoms with Crippen molar-refractivity contribution < 1.29 is 13.9 Å². The summed E-state index contributed by atoms with van der Waals surface area (Å²) >= 11 is 0. The van der Waals surface area contributed by atoms with Gasteiger partial charge < -0.3 is 14.8 Å². The molecule has 1 N–H and O–H groups in total. The molecule has 0 saturated carbocycles. The van der Waals surface area contributed by atoms with Crippen molar-refractivity contribution >= 4 is 23.2 Å². The molecule has 0 aromatic heterocycles. The standard InChI is InChI=1S/C24H28FNO2.ClH/c1-18(2)27-15-5-14-26-16-23-22-7-4-3-6-20(22)10-13-24(23)28-17-19-8-11-21(25)12-9-19;/h3-4,6-13,18,26H,5,14-17H2,1-2H3;1H. The van der Waals surface area contributed by atoms with E-state index < -0.39 is 0 Å². The van der Waals surface area contributed by atoms with E-state index in [9.17, 15) is 4.39 Å². The second-order valence-corrected chi connectivity index (χ2v) is 7.13. The summed E-state index contributed by atoms with van der Waals surface area (Å²) < 4.78 is 24.8. The molecule has 0 radical (unpaired) electrons. The third-order valence-electron chi connectivity index (χ3n) is 4.56. The maximum Gasteiger partial charge on any atom is 0.124 e. The Morgan fingerprint density at radius 1 is 0.966 bits per heavy atom. The molecule has 0 aliphatic rings. The van der Waals surface area contributed by atoms with Crippen LogP contribution in [0.15, 0.2) is 60.7 Å². The second kappa shape index (κ2) is 11.8. The monoisotopic (exact) mass is 417 g/mol. The minimum absolute atomic E-state index is 0. The van der Waals surface area contributed by atoms with Gasteiger partial charge in [0.15, 0.2) is 0 Å². The molecule has 0 heterocycles. The van der Waals surface area contributed by atoms with Crippen molar-refractivity contribution in [2.45, 2.75) is 39.5 Å². The Hall–Kier alpha value is -2.14. The van der Waals surface area contributed by atoms with Crippen molar-refractivity contribution in [2.75, 3.05) is 13.2 Å². The number of hydrogen-bond acceptors (Lipinski definition) is 3. The van der Waals surface area contributed by atoms with Gasteiger partial charge in [-0.15, -0.1) is 12.4 Å². The van der Waals surface area contributed by atoms with Gasteiger partial charge in [-0.3, -0.25) is 0 Å². The molecule has 3 aromatic carbocycles. The van der Waals surface area contributed by atoms with Gasteiger partial charge in [0.1, 0.15) is 18.2 Å². The molecule has 0 bridgehead atoms. The van der Waals surface area contributed by atoms with Crippen molar-refractivity contribution in [1.82, 2.24) is 5.32 Å². The average molecular weight is 418 g/mol. The fourth-order valence-electron chi connectivity index (χ4n) is 3.10. The summed E-state index contributed by atoms with van der Waals surface area (Å²) in [6.45, 7) is 6.87. The van der Waals surface area contributed by atoms with E-state index in [4.69, 9.17) is 9.47 Å². The van der Waals surface area contributed by atoms with Gasteiger partial charge in [-0.2, -0.15) is 0 Å². The van der Waals surface area contributed by atoms with Crippen LogP contribution in [0.5, 0.6) is 5.75 Å². The van der Waals surface area contributed by atoms with Gasteiger partial charge in [0.25, 0.3) is 0 Å². The second-order valence-electron chi connectivity index (χ2n) is 7.13. The summed E-state index contributed by atoms with van der Waals surface area (Å²) in [5.74, 6) is 0.620. The van der Waals surface area contributed by atoms with Gasteiger partial charge in [0, 0.05) is 18.7 Å². The van der Waals surface area contributed by atoms with Crippen LogP contribution in [-0.2, 0) is 17.9 Å². The van der Waals surface area contributed by atoms with E-state index in [1.165, 1.54) is 22.9 Å². The van der Waals surface area contributed by atoms with Gasteiger partial charge in [-0.1, -0.05) is 42.5 Å². The van der Waals surface area contributed by atoms with Crippen molar-refractivity contribution in [1.29, 1.82) is 0 Å². The van der Waals surface area contributed by atoms with Crippen molar-refractivity contribution in [3.05, 3.63) is 77.6 Å². The SMILES string of the molecule is CC(C)OCCCNCc1c(OCc2ccc(F)cc2)ccc2ccccc12.Cl. The molecule has 0 saturated heterocycles. The zero-order valence-corrected chi connectivity index (χ0v) is 17.8. The topological polar surface area (TPSA) is 30.5 Å². The molecule has 0 spiro atoms. The molecule has 0 atom stereocenters. The summed E-state index contributed by atoms with van der Waals surface area (Å²) in [6, 6.07) is 18.8. The van der Waals surface area contributed by atoms with Crippen molar-refractivity contribution in [2.24, 2.45) is 0 Å². The lowest BCUT2D eigenvalue weighted by Gasteiger charge is -2.15. The van der Waals surface area contributed by atoms with E-state index in [2.05, 4.69) is 23.5 Å². The quantitative estimate of drug-likeness (QED) is 0.417. The van der Waals surface area contributed by atoms with Crippen molar-refractivity contribution in [3.8, 4) is 5.75 Å². The Morgan fingerprint density at radius 2 is 1.72 bits per heavy atom. The van der Waals surface area contributed by atoms with Crippen LogP contribution < -0.4 is 10.1 Å². The van der Waals surface area contributed by atoms with Crippen LogP contribution in [-0.4, -0.2) is 19.3 Å². The third-order valence-corrected chi connectivity index (χ3v) is 4.56. The predicted octanol–water partition coefficient (Wildman–Crippen LogP) is 5.88. The summed E-state index contributed by atoms with van der Waals surface area (Å²) in [5.41, 5.74) is 2.09. The Kier molecular flexibility index (Phi) is 9.39. The fraction of sp³-hybridized carbons (Fsp3) is 0.333. The maximum atomic E-state index is 13.1. The lowest BCUT2D eigenvalue weighted by Crippen LogP contribution is -2.18. The lowest BCUT2D eigenvalue weighted by atomic mass is 10.0. The Balaban J connectivity index is 0.00000300. The number of benzene rings is 3. The third kappa shape index (κ3) is 7.00. The smallest absolute Gasteiger partial charge is 0.124 e. The zero-order valence-electron chi connectivity index (χ0n) is 17.0. The van der Waals surface area contributed by atoms with Gasteiger partial charge >= 0.3 is 0 Å². The van der Waals surface area contributed by atoms with Gasteiger partial charge in [-0.25, -0.2) is 4.39 Å². The summed E-state index contributed by atoms with van der Waals surface area (Å²) in [4.78, 5) is 0. The molecule has 0 unspecified atom stereocenters. The summed E-state index contributed by atoms with van der Waals surface area (Å²) in [6.07, 6.45) is 1.24. The first-order chi connectivity index (χ1) is 13.6. The highest BCUT2D eigenvalue weighted by atomic mass is 35.5. The number of fused-ring (bicyclic) bond motifs is 1. The zero-order chi connectivity index (χ0) is 19.8. The van der Waals surface area contributed by atoms with Crippen LogP contribution in [0.4, 0.5) is 4.39 Å². The van der Waals surface area contributed by atoms with E-state index in [-0.39, 0.29) is 24.3 Å². The van der Waals surface area contributed by atoms with Crippen LogP contribution in [0.3, 0.4) is 0 Å². The minimum Gasteiger partial charge on any atom is -0.489 e. The van der Waals surface area contributed by atoms with Gasteiger partial charge in [-0.05, 0) is 61.3 Å². The molecule has 5 heteroatoms. The molecular formula is C24H29ClFNO2. The highest BCUT2D eigenvalue weighted by Gasteiger charge is 2.09. The Morgan fingerprint density at radius 3 is 2.48 bits per heavy atom. The first-order valence-electron chi connectivity index (χ1n) is 9.83. The highest BCUT2D eigenvalue weighted by molar-refractivity contribution is 5.87. The van der Waals surface area contributed by atoms with Crippen LogP contribution in [0, 0.1) is 5.82 Å². The van der Waals surface area contributed by atoms with Gasteiger partial charge in [0.05, 0.1) is 6.10 Å². The number of ether oxygens (including phenoxy) is 2. The first-order valence-corrected chi connectivity index (χ1v) is 9.83. The Bertz CT molecular complexity index is 884. The average Bonchev–Trinajstić information content (AvgIpc) is 2.70. The molecule has 3 rings (SSSR count). The van der Waals surface area contributed by atoms with E-state index >= 15 is 0 Å². The summed E-state index contributed by atoms with van der Waals surface area (Å²) in [5, 5.41) is 5.88. The van der Waals surface area contributed by atoms with E-state index in [0.29, 0.717) is 6.61 Å². The van der Waals surface area contributed by atoms with Crippen LogP contribution in [0.25, 0.3) is 10.8 Å². The Labute approximate surface area is 178 Å². The van der Waals surface area contributed by atoms with Crippen LogP contribution in [0.1, 0.15) is 31.4 Å². The number of hydrogen-bond donors (Lipinski definition) is 1. The molecule has 0 aliphatic carbocycles. The lowest BCUT2D eigenvalue weighted by molar-refractivity contribution is 0.0770. The molecule has 3 nitrogen and oxygen atoms in total. The first kappa shape index (κ1) is 23.1. The molecule has 156 valence electrons. The molecule has 0 aliphatic heterocycles. The van der Waals surface area contributed by atoms with E-state index in [0.717, 1.165) is 43.0 Å². The number of nitrogens with one attached hydrogen (secondary N) is 1. The van der Waals surface area contributed by atoms with Crippen LogP contribution >= 0.6 is 12.4 Å². The van der Waals surface area contributed by atoms with E-state index in [1.807, 2.05) is 32.0 Å². The normalized spacial score (nSPS) is 10.9. The van der Waals surface area contributed by atoms with Crippen molar-refractivity contribution in [3.63, 3.8) is 0 Å². The van der Waals surface area contributed by atoms with Crippen LogP contribution in [0.2, 0.25) is 0 Å². The van der Waals surface area contributed by atoms with E-state index in [1.54, 1.807) is 12.1 Å².